The molecule has 28 heavy (non-hydrogen) atoms. The number of nitrogens with two attached hydrogens (primary N) is 1. The number of nitrogens with zero attached hydrogens (tertiary/aromatic N) is 3. The molecule has 0 bridgehead atoms. The minimum Gasteiger partial charge on any atom is -0.497 e. The largest absolute Gasteiger partial charge is 0.497 e. The SMILES string of the molecule is COc1ccc(C2(N)N=C(NC(C)(C)C)NC(N3CCOCC3)=N2)c(OC)c1. The fraction of sp³-hybridized carbons (Fsp3) is 0.579. The summed E-state index contributed by atoms with van der Waals surface area (Å²) in [5.41, 5.74) is 7.17. The van der Waals surface area contributed by atoms with E-state index in [4.69, 9.17) is 24.9 Å². The Morgan fingerprint density at radius 3 is 2.50 bits per heavy atom. The molecule has 1 aromatic rings. The molecule has 0 spiro atoms. The van der Waals surface area contributed by atoms with Crippen LogP contribution >= 0.6 is 0 Å². The quantitative estimate of drug-likeness (QED) is 0.701. The molecule has 0 radical (unpaired) electrons. The number of morpholine rings is 1. The number of nitrogens with one attached hydrogen (secondary N) is 2. The van der Waals surface area contributed by atoms with Crippen molar-refractivity contribution < 1.29 is 14.2 Å². The minimum absolute atomic E-state index is 0.204. The molecule has 9 heteroatoms. The van der Waals surface area contributed by atoms with E-state index in [1.165, 1.54) is 0 Å². The van der Waals surface area contributed by atoms with Crippen LogP contribution in [0.2, 0.25) is 0 Å². The molecule has 3 rings (SSSR count). The molecular formula is C19H30N6O3. The third-order valence-corrected chi connectivity index (χ3v) is 4.40. The van der Waals surface area contributed by atoms with Gasteiger partial charge < -0.3 is 24.4 Å². The van der Waals surface area contributed by atoms with E-state index in [0.717, 1.165) is 13.1 Å². The van der Waals surface area contributed by atoms with Gasteiger partial charge >= 0.3 is 0 Å². The molecule has 0 aliphatic carbocycles. The van der Waals surface area contributed by atoms with Crippen LogP contribution in [-0.2, 0) is 10.5 Å². The van der Waals surface area contributed by atoms with Crippen molar-refractivity contribution in [3.8, 4) is 11.5 Å². The molecule has 4 N–H and O–H groups in total. The van der Waals surface area contributed by atoms with Crippen LogP contribution < -0.4 is 25.8 Å². The van der Waals surface area contributed by atoms with E-state index in [1.807, 2.05) is 12.1 Å². The van der Waals surface area contributed by atoms with Crippen LogP contribution in [0.5, 0.6) is 11.5 Å². The van der Waals surface area contributed by atoms with Gasteiger partial charge in [-0.15, -0.1) is 0 Å². The fourth-order valence-electron chi connectivity index (χ4n) is 3.08. The van der Waals surface area contributed by atoms with Gasteiger partial charge in [0.2, 0.25) is 17.7 Å². The number of hydrogen-bond acceptors (Lipinski definition) is 9. The van der Waals surface area contributed by atoms with E-state index in [-0.39, 0.29) is 5.54 Å². The number of benzene rings is 1. The Labute approximate surface area is 165 Å². The van der Waals surface area contributed by atoms with Gasteiger partial charge in [0.05, 0.1) is 33.0 Å². The van der Waals surface area contributed by atoms with Gasteiger partial charge in [-0.3, -0.25) is 11.1 Å². The van der Waals surface area contributed by atoms with Crippen molar-refractivity contribution in [1.29, 1.82) is 0 Å². The lowest BCUT2D eigenvalue weighted by molar-refractivity contribution is 0.0663. The van der Waals surface area contributed by atoms with Crippen molar-refractivity contribution in [1.82, 2.24) is 15.5 Å². The van der Waals surface area contributed by atoms with Gasteiger partial charge in [0.25, 0.3) is 0 Å². The van der Waals surface area contributed by atoms with E-state index >= 15 is 0 Å². The highest BCUT2D eigenvalue weighted by atomic mass is 16.5. The van der Waals surface area contributed by atoms with E-state index < -0.39 is 5.79 Å². The predicted molar refractivity (Wildman–Crippen MR) is 109 cm³/mol. The zero-order valence-electron chi connectivity index (χ0n) is 17.2. The topological polar surface area (TPSA) is 106 Å². The average Bonchev–Trinajstić information content (AvgIpc) is 2.66. The van der Waals surface area contributed by atoms with Crippen molar-refractivity contribution >= 4 is 11.9 Å². The van der Waals surface area contributed by atoms with Crippen molar-refractivity contribution in [2.75, 3.05) is 40.5 Å². The Bertz CT molecular complexity index is 767. The maximum Gasteiger partial charge on any atom is 0.239 e. The Kier molecular flexibility index (Phi) is 5.66. The van der Waals surface area contributed by atoms with Gasteiger partial charge in [0.1, 0.15) is 11.5 Å². The summed E-state index contributed by atoms with van der Waals surface area (Å²) in [6, 6.07) is 5.44. The number of ether oxygens (including phenoxy) is 3. The Morgan fingerprint density at radius 2 is 1.89 bits per heavy atom. The van der Waals surface area contributed by atoms with E-state index in [1.54, 1.807) is 20.3 Å². The number of rotatable bonds is 3. The van der Waals surface area contributed by atoms with Crippen LogP contribution in [0.15, 0.2) is 28.2 Å². The second-order valence-corrected chi connectivity index (χ2v) is 7.79. The van der Waals surface area contributed by atoms with Crippen LogP contribution in [0, 0.1) is 0 Å². The molecule has 9 nitrogen and oxygen atoms in total. The van der Waals surface area contributed by atoms with Crippen molar-refractivity contribution in [2.24, 2.45) is 15.7 Å². The number of aliphatic imine (C=N–C) groups is 2. The summed E-state index contributed by atoms with van der Waals surface area (Å²) in [6.45, 7) is 8.91. The highest BCUT2D eigenvalue weighted by Gasteiger charge is 2.36. The molecule has 1 atom stereocenters. The molecule has 0 amide bonds. The van der Waals surface area contributed by atoms with Gasteiger partial charge in [0, 0.05) is 24.7 Å². The second-order valence-electron chi connectivity index (χ2n) is 7.79. The molecule has 2 aliphatic heterocycles. The Hall–Kier alpha value is -2.52. The Balaban J connectivity index is 2.05. The summed E-state index contributed by atoms with van der Waals surface area (Å²) in [5.74, 6) is 1.11. The van der Waals surface area contributed by atoms with Crippen LogP contribution in [0.4, 0.5) is 0 Å². The first-order valence-corrected chi connectivity index (χ1v) is 9.33. The smallest absolute Gasteiger partial charge is 0.239 e. The zero-order valence-corrected chi connectivity index (χ0v) is 17.2. The van der Waals surface area contributed by atoms with E-state index in [9.17, 15) is 0 Å². The minimum atomic E-state index is -1.34. The summed E-state index contributed by atoms with van der Waals surface area (Å²) in [6.07, 6.45) is 0. The summed E-state index contributed by atoms with van der Waals surface area (Å²) in [5, 5.41) is 6.65. The summed E-state index contributed by atoms with van der Waals surface area (Å²) in [7, 11) is 3.20. The molecule has 1 aromatic carbocycles. The van der Waals surface area contributed by atoms with Crippen molar-refractivity contribution in [3.05, 3.63) is 23.8 Å². The number of hydrogen-bond donors (Lipinski definition) is 3. The maximum atomic E-state index is 6.72. The normalized spacial score (nSPS) is 22.7. The summed E-state index contributed by atoms with van der Waals surface area (Å²) >= 11 is 0. The fourth-order valence-corrected chi connectivity index (χ4v) is 3.08. The Morgan fingerprint density at radius 1 is 1.18 bits per heavy atom. The monoisotopic (exact) mass is 390 g/mol. The third-order valence-electron chi connectivity index (χ3n) is 4.40. The lowest BCUT2D eigenvalue weighted by Crippen LogP contribution is -2.59. The first-order chi connectivity index (χ1) is 13.2. The third kappa shape index (κ3) is 4.48. The molecule has 1 saturated heterocycles. The highest BCUT2D eigenvalue weighted by molar-refractivity contribution is 6.00. The molecule has 154 valence electrons. The first-order valence-electron chi connectivity index (χ1n) is 9.33. The van der Waals surface area contributed by atoms with Gasteiger partial charge in [-0.2, -0.15) is 0 Å². The number of guanidine groups is 2. The van der Waals surface area contributed by atoms with Crippen molar-refractivity contribution in [3.63, 3.8) is 0 Å². The van der Waals surface area contributed by atoms with Crippen molar-refractivity contribution in [2.45, 2.75) is 32.1 Å². The van der Waals surface area contributed by atoms with Gasteiger partial charge in [-0.1, -0.05) is 0 Å². The molecular weight excluding hydrogens is 360 g/mol. The summed E-state index contributed by atoms with van der Waals surface area (Å²) in [4.78, 5) is 11.6. The second kappa shape index (κ2) is 7.84. The maximum absolute atomic E-state index is 6.72. The van der Waals surface area contributed by atoms with E-state index in [2.05, 4.69) is 41.3 Å². The van der Waals surface area contributed by atoms with Crippen LogP contribution in [-0.4, -0.2) is 62.9 Å². The van der Waals surface area contributed by atoms with Gasteiger partial charge in [-0.25, -0.2) is 9.98 Å². The molecule has 2 heterocycles. The molecule has 2 aliphatic rings. The summed E-state index contributed by atoms with van der Waals surface area (Å²) < 4.78 is 16.3. The predicted octanol–water partition coefficient (Wildman–Crippen LogP) is 0.808. The standard InChI is InChI=1S/C19H30N6O3/c1-18(2,3)22-16-21-17(25-8-10-28-11-9-25)24-19(20,23-16)14-7-6-13(26-4)12-15(14)27-5/h6-7,12H,8-11,20H2,1-5H3,(H2,21,22,23,24). The van der Waals surface area contributed by atoms with Gasteiger partial charge in [-0.05, 0) is 32.9 Å². The lowest BCUT2D eigenvalue weighted by atomic mass is 10.1. The molecule has 0 saturated carbocycles. The number of methoxy groups -OCH3 is 2. The lowest BCUT2D eigenvalue weighted by Gasteiger charge is -2.37. The average molecular weight is 390 g/mol. The van der Waals surface area contributed by atoms with E-state index in [0.29, 0.717) is 42.2 Å². The van der Waals surface area contributed by atoms with Crippen LogP contribution in [0.3, 0.4) is 0 Å². The van der Waals surface area contributed by atoms with Crippen LogP contribution in [0.1, 0.15) is 26.3 Å². The molecule has 1 fully saturated rings. The van der Waals surface area contributed by atoms with Crippen LogP contribution in [0.25, 0.3) is 0 Å². The molecule has 1 unspecified atom stereocenters. The highest BCUT2D eigenvalue weighted by Crippen LogP contribution is 2.34. The zero-order chi connectivity index (χ0) is 20.4. The first kappa shape index (κ1) is 20.2. The molecule has 0 aromatic heterocycles. The van der Waals surface area contributed by atoms with Gasteiger partial charge in [0.15, 0.2) is 0 Å².